The second kappa shape index (κ2) is 4.28. The third kappa shape index (κ3) is 2.32. The van der Waals surface area contributed by atoms with Gasteiger partial charge in [0.1, 0.15) is 4.32 Å². The highest BCUT2D eigenvalue weighted by atomic mass is 32.2. The van der Waals surface area contributed by atoms with Crippen LogP contribution in [0.25, 0.3) is 0 Å². The molecule has 1 aliphatic heterocycles. The first-order valence-corrected chi connectivity index (χ1v) is 5.31. The predicted octanol–water partition coefficient (Wildman–Crippen LogP) is 1.58. The molecule has 0 N–H and O–H groups in total. The van der Waals surface area contributed by atoms with Crippen LogP contribution < -0.4 is 0 Å². The molecule has 11 heavy (non-hydrogen) atoms. The van der Waals surface area contributed by atoms with Crippen molar-refractivity contribution in [1.29, 1.82) is 0 Å². The van der Waals surface area contributed by atoms with Crippen molar-refractivity contribution in [2.75, 3.05) is 25.6 Å². The largest absolute Gasteiger partial charge is 0.345 e. The molecule has 0 saturated carbocycles. The van der Waals surface area contributed by atoms with Crippen LogP contribution in [0.4, 0.5) is 0 Å². The van der Waals surface area contributed by atoms with Gasteiger partial charge in [0.05, 0.1) is 12.5 Å². The smallest absolute Gasteiger partial charge is 0.138 e. The van der Waals surface area contributed by atoms with Crippen molar-refractivity contribution in [2.24, 2.45) is 0 Å². The van der Waals surface area contributed by atoms with Gasteiger partial charge < -0.3 is 4.90 Å². The Hall–Kier alpha value is 0.200. The molecule has 0 atom stereocenters. The van der Waals surface area contributed by atoms with Crippen LogP contribution in [-0.4, -0.2) is 39.8 Å². The van der Waals surface area contributed by atoms with Gasteiger partial charge in [-0.15, -0.1) is 0 Å². The summed E-state index contributed by atoms with van der Waals surface area (Å²) in [4.78, 5) is 4.61. The number of hydrogen-bond donors (Lipinski definition) is 0. The normalized spacial score (nSPS) is 20.9. The molecule has 0 amide bonds. The Morgan fingerprint density at radius 1 is 1.45 bits per heavy atom. The summed E-state index contributed by atoms with van der Waals surface area (Å²) in [5, 5.41) is 0. The number of hydrogen-bond acceptors (Lipinski definition) is 3. The van der Waals surface area contributed by atoms with Gasteiger partial charge in [-0.2, -0.15) is 0 Å². The Kier molecular flexibility index (Phi) is 3.62. The quantitative estimate of drug-likeness (QED) is 0.610. The number of nitrogens with zero attached hydrogens (tertiary/aromatic N) is 2. The van der Waals surface area contributed by atoms with E-state index in [1.807, 2.05) is 0 Å². The summed E-state index contributed by atoms with van der Waals surface area (Å²) in [6.07, 6.45) is 0. The molecule has 0 aromatic rings. The minimum absolute atomic E-state index is 1.01. The van der Waals surface area contributed by atoms with E-state index >= 15 is 0 Å². The third-order valence-electron chi connectivity index (χ3n) is 1.83. The molecule has 0 aliphatic carbocycles. The predicted molar refractivity (Wildman–Crippen MR) is 54.7 cm³/mol. The lowest BCUT2D eigenvalue weighted by atomic mass is 10.6. The zero-order chi connectivity index (χ0) is 8.27. The van der Waals surface area contributed by atoms with E-state index in [1.165, 1.54) is 0 Å². The van der Waals surface area contributed by atoms with Gasteiger partial charge in [-0.3, -0.25) is 4.90 Å². The molecule has 64 valence electrons. The summed E-state index contributed by atoms with van der Waals surface area (Å²) in [5.41, 5.74) is 0. The number of rotatable bonds is 2. The Morgan fingerprint density at radius 2 is 2.18 bits per heavy atom. The average molecular weight is 190 g/mol. The zero-order valence-electron chi connectivity index (χ0n) is 7.04. The van der Waals surface area contributed by atoms with Gasteiger partial charge in [0.15, 0.2) is 0 Å². The third-order valence-corrected chi connectivity index (χ3v) is 3.44. The van der Waals surface area contributed by atoms with Gasteiger partial charge in [-0.05, 0) is 13.5 Å². The second-order valence-corrected chi connectivity index (χ2v) is 4.10. The van der Waals surface area contributed by atoms with Gasteiger partial charge >= 0.3 is 0 Å². The molecular weight excluding hydrogens is 176 g/mol. The van der Waals surface area contributed by atoms with E-state index in [0.29, 0.717) is 0 Å². The first-order valence-electron chi connectivity index (χ1n) is 3.92. The first kappa shape index (κ1) is 9.29. The highest BCUT2D eigenvalue weighted by molar-refractivity contribution is 8.22. The summed E-state index contributed by atoms with van der Waals surface area (Å²) >= 11 is 6.96. The van der Waals surface area contributed by atoms with Gasteiger partial charge in [-0.25, -0.2) is 0 Å². The molecule has 0 bridgehead atoms. The highest BCUT2D eigenvalue weighted by Crippen LogP contribution is 2.17. The topological polar surface area (TPSA) is 6.48 Å². The van der Waals surface area contributed by atoms with E-state index in [2.05, 4.69) is 23.6 Å². The van der Waals surface area contributed by atoms with Crippen molar-refractivity contribution in [1.82, 2.24) is 9.80 Å². The van der Waals surface area contributed by atoms with E-state index < -0.39 is 0 Å². The van der Waals surface area contributed by atoms with E-state index in [0.717, 1.165) is 30.0 Å². The van der Waals surface area contributed by atoms with Crippen molar-refractivity contribution in [2.45, 2.75) is 13.8 Å². The lowest BCUT2D eigenvalue weighted by Crippen LogP contribution is -2.44. The highest BCUT2D eigenvalue weighted by Gasteiger charge is 2.18. The maximum atomic E-state index is 5.19. The standard InChI is InChI=1S/C7H14N2S2/c1-3-8-5-9(4-2)7(10)11-6-8/h3-6H2,1-2H3. The molecule has 0 aromatic heterocycles. The second-order valence-electron chi connectivity index (χ2n) is 2.52. The molecule has 2 nitrogen and oxygen atoms in total. The van der Waals surface area contributed by atoms with Crippen molar-refractivity contribution in [3.8, 4) is 0 Å². The molecule has 0 spiro atoms. The van der Waals surface area contributed by atoms with Gasteiger partial charge in [0.25, 0.3) is 0 Å². The van der Waals surface area contributed by atoms with Gasteiger partial charge in [0.2, 0.25) is 0 Å². The number of thiocarbonyl (C=S) groups is 1. The van der Waals surface area contributed by atoms with Crippen LogP contribution in [0.5, 0.6) is 0 Å². The van der Waals surface area contributed by atoms with Crippen LogP contribution in [0.2, 0.25) is 0 Å². The molecule has 0 radical (unpaired) electrons. The lowest BCUT2D eigenvalue weighted by Gasteiger charge is -2.35. The summed E-state index contributed by atoms with van der Waals surface area (Å²) in [6.45, 7) is 7.49. The monoisotopic (exact) mass is 190 g/mol. The Morgan fingerprint density at radius 3 is 2.73 bits per heavy atom. The molecule has 1 heterocycles. The maximum Gasteiger partial charge on any atom is 0.138 e. The fraction of sp³-hybridized carbons (Fsp3) is 0.857. The SMILES string of the molecule is CCN1CSC(=S)N(CC)C1. The molecule has 0 unspecified atom stereocenters. The molecule has 1 aliphatic rings. The fourth-order valence-electron chi connectivity index (χ4n) is 0.998. The van der Waals surface area contributed by atoms with Crippen molar-refractivity contribution < 1.29 is 0 Å². The summed E-state index contributed by atoms with van der Waals surface area (Å²) in [6, 6.07) is 0. The Labute approximate surface area is 77.9 Å². The van der Waals surface area contributed by atoms with Crippen LogP contribution in [0.3, 0.4) is 0 Å². The van der Waals surface area contributed by atoms with Crippen LogP contribution in [0.1, 0.15) is 13.8 Å². The fourth-order valence-corrected chi connectivity index (χ4v) is 2.27. The molecule has 1 saturated heterocycles. The van der Waals surface area contributed by atoms with E-state index in [-0.39, 0.29) is 0 Å². The molecule has 1 rings (SSSR count). The zero-order valence-corrected chi connectivity index (χ0v) is 8.67. The van der Waals surface area contributed by atoms with Crippen LogP contribution >= 0.6 is 24.0 Å². The average Bonchev–Trinajstić information content (AvgIpc) is 2.05. The van der Waals surface area contributed by atoms with Crippen molar-refractivity contribution in [3.05, 3.63) is 0 Å². The first-order chi connectivity index (χ1) is 5.27. The summed E-state index contributed by atoms with van der Waals surface area (Å²) in [7, 11) is 0. The molecular formula is C7H14N2S2. The Bertz CT molecular complexity index is 149. The van der Waals surface area contributed by atoms with Crippen LogP contribution in [0, 0.1) is 0 Å². The summed E-state index contributed by atoms with van der Waals surface area (Å²) in [5.74, 6) is 1.06. The van der Waals surface area contributed by atoms with Crippen molar-refractivity contribution in [3.63, 3.8) is 0 Å². The summed E-state index contributed by atoms with van der Waals surface area (Å²) < 4.78 is 1.05. The molecule has 1 fully saturated rings. The van der Waals surface area contributed by atoms with E-state index in [9.17, 15) is 0 Å². The molecule has 4 heteroatoms. The van der Waals surface area contributed by atoms with Gasteiger partial charge in [0, 0.05) is 6.54 Å². The van der Waals surface area contributed by atoms with Crippen molar-refractivity contribution >= 4 is 28.3 Å². The minimum Gasteiger partial charge on any atom is -0.345 e. The van der Waals surface area contributed by atoms with Gasteiger partial charge in [-0.1, -0.05) is 30.9 Å². The Balaban J connectivity index is 2.44. The number of thioether (sulfide) groups is 1. The lowest BCUT2D eigenvalue weighted by molar-refractivity contribution is 0.227. The molecule has 0 aromatic carbocycles. The van der Waals surface area contributed by atoms with Crippen LogP contribution in [0.15, 0.2) is 0 Å². The van der Waals surface area contributed by atoms with Crippen LogP contribution in [-0.2, 0) is 0 Å². The van der Waals surface area contributed by atoms with E-state index in [4.69, 9.17) is 12.2 Å². The maximum absolute atomic E-state index is 5.19. The minimum atomic E-state index is 1.01. The van der Waals surface area contributed by atoms with E-state index in [1.54, 1.807) is 11.8 Å².